The fraction of sp³-hybridized carbons (Fsp3) is 0.321. The van der Waals surface area contributed by atoms with Gasteiger partial charge in [-0.1, -0.05) is 30.3 Å². The van der Waals surface area contributed by atoms with Crippen molar-refractivity contribution in [2.45, 2.75) is 32.8 Å². The minimum atomic E-state index is -0.443. The second kappa shape index (κ2) is 9.88. The summed E-state index contributed by atoms with van der Waals surface area (Å²) < 4.78 is 12.9. The van der Waals surface area contributed by atoms with Crippen LogP contribution in [0.5, 0.6) is 0 Å². The van der Waals surface area contributed by atoms with Crippen LogP contribution in [-0.4, -0.2) is 53.6 Å². The molecular formula is C28H30N4O3. The number of carbonyl (C=O) groups excluding carboxylic acids is 1. The van der Waals surface area contributed by atoms with E-state index in [2.05, 4.69) is 41.2 Å². The Morgan fingerprint density at radius 3 is 2.63 bits per heavy atom. The number of aryl methyl sites for hydroxylation is 1. The van der Waals surface area contributed by atoms with Crippen LogP contribution in [0.25, 0.3) is 27.8 Å². The molecule has 1 atom stereocenters. The lowest BCUT2D eigenvalue weighted by Crippen LogP contribution is -2.28. The van der Waals surface area contributed by atoms with Crippen molar-refractivity contribution < 1.29 is 14.3 Å². The van der Waals surface area contributed by atoms with E-state index in [1.54, 1.807) is 11.6 Å². The van der Waals surface area contributed by atoms with Gasteiger partial charge in [-0.2, -0.15) is 5.10 Å². The summed E-state index contributed by atoms with van der Waals surface area (Å²) in [5.74, 6) is -0.443. The maximum atomic E-state index is 12.7. The van der Waals surface area contributed by atoms with E-state index >= 15 is 0 Å². The summed E-state index contributed by atoms with van der Waals surface area (Å²) in [6.45, 7) is 5.78. The number of rotatable bonds is 7. The van der Waals surface area contributed by atoms with Crippen molar-refractivity contribution in [1.29, 1.82) is 0 Å². The molecule has 7 nitrogen and oxygen atoms in total. The molecule has 0 spiro atoms. The highest BCUT2D eigenvalue weighted by atomic mass is 16.5. The first-order valence-electron chi connectivity index (χ1n) is 12.1. The van der Waals surface area contributed by atoms with E-state index in [-0.39, 0.29) is 18.4 Å². The van der Waals surface area contributed by atoms with Gasteiger partial charge in [0.1, 0.15) is 0 Å². The van der Waals surface area contributed by atoms with Crippen LogP contribution < -0.4 is 4.90 Å². The second-order valence-corrected chi connectivity index (χ2v) is 8.87. The standard InChI is InChI=1S/C28H30N4O3/c1-4-34-28(33)25-17-24(20-12-14-21(15-13-20)31(3)18-23-11-8-16-35-23)26-19(2)30-32(27(26)29-25)22-9-6-5-7-10-22/h5-7,9-10,12-15,17,23H,4,8,11,16,18H2,1-3H3/t23-/m0/s1. The van der Waals surface area contributed by atoms with Gasteiger partial charge in [0.05, 0.1) is 29.5 Å². The van der Waals surface area contributed by atoms with Crippen LogP contribution in [0.15, 0.2) is 60.7 Å². The molecule has 1 saturated heterocycles. The van der Waals surface area contributed by atoms with Crippen molar-refractivity contribution in [3.63, 3.8) is 0 Å². The number of hydrogen-bond acceptors (Lipinski definition) is 6. The average molecular weight is 471 g/mol. The predicted molar refractivity (Wildman–Crippen MR) is 137 cm³/mol. The van der Waals surface area contributed by atoms with Crippen molar-refractivity contribution in [1.82, 2.24) is 14.8 Å². The smallest absolute Gasteiger partial charge is 0.357 e. The van der Waals surface area contributed by atoms with Crippen molar-refractivity contribution in [3.8, 4) is 16.8 Å². The highest BCUT2D eigenvalue weighted by molar-refractivity contribution is 6.00. The number of para-hydroxylation sites is 1. The molecular weight excluding hydrogens is 440 g/mol. The number of fused-ring (bicyclic) bond motifs is 1. The molecule has 2 aromatic carbocycles. The Labute approximate surface area is 205 Å². The molecule has 0 N–H and O–H groups in total. The van der Waals surface area contributed by atoms with Gasteiger partial charge in [-0.25, -0.2) is 14.5 Å². The van der Waals surface area contributed by atoms with E-state index in [9.17, 15) is 4.79 Å². The zero-order valence-electron chi connectivity index (χ0n) is 20.4. The highest BCUT2D eigenvalue weighted by Crippen LogP contribution is 2.33. The molecule has 0 aliphatic carbocycles. The third kappa shape index (κ3) is 4.64. The number of pyridine rings is 1. The number of benzene rings is 2. The molecule has 3 heterocycles. The molecule has 0 saturated carbocycles. The number of likely N-dealkylation sites (N-methyl/N-ethyl adjacent to an activating group) is 1. The molecule has 0 amide bonds. The molecule has 0 unspecified atom stereocenters. The van der Waals surface area contributed by atoms with E-state index < -0.39 is 5.97 Å². The highest BCUT2D eigenvalue weighted by Gasteiger charge is 2.21. The van der Waals surface area contributed by atoms with Gasteiger partial charge in [-0.05, 0) is 68.1 Å². The topological polar surface area (TPSA) is 69.5 Å². The lowest BCUT2D eigenvalue weighted by Gasteiger charge is -2.23. The first-order chi connectivity index (χ1) is 17.0. The first kappa shape index (κ1) is 23.1. The molecule has 1 aliphatic heterocycles. The fourth-order valence-electron chi connectivity index (χ4n) is 4.67. The Hall–Kier alpha value is -3.71. The molecule has 35 heavy (non-hydrogen) atoms. The number of ether oxygens (including phenoxy) is 2. The van der Waals surface area contributed by atoms with Crippen molar-refractivity contribution >= 4 is 22.7 Å². The maximum absolute atomic E-state index is 12.7. The van der Waals surface area contributed by atoms with Gasteiger partial charge in [0, 0.05) is 25.9 Å². The number of aromatic nitrogens is 3. The minimum absolute atomic E-state index is 0.269. The molecule has 180 valence electrons. The molecule has 5 rings (SSSR count). The molecule has 1 fully saturated rings. The van der Waals surface area contributed by atoms with Crippen molar-refractivity contribution in [3.05, 3.63) is 72.1 Å². The van der Waals surface area contributed by atoms with Crippen LogP contribution in [0.1, 0.15) is 35.9 Å². The predicted octanol–water partition coefficient (Wildman–Crippen LogP) is 5.19. The Morgan fingerprint density at radius 1 is 1.17 bits per heavy atom. The summed E-state index contributed by atoms with van der Waals surface area (Å²) in [5.41, 5.74) is 5.66. The van der Waals surface area contributed by atoms with Gasteiger partial charge in [0.15, 0.2) is 11.3 Å². The summed E-state index contributed by atoms with van der Waals surface area (Å²) in [6, 6.07) is 20.0. The largest absolute Gasteiger partial charge is 0.461 e. The van der Waals surface area contributed by atoms with Gasteiger partial charge in [0.25, 0.3) is 0 Å². The van der Waals surface area contributed by atoms with Gasteiger partial charge >= 0.3 is 5.97 Å². The summed E-state index contributed by atoms with van der Waals surface area (Å²) in [7, 11) is 2.09. The van der Waals surface area contributed by atoms with E-state index in [0.29, 0.717) is 5.65 Å². The quantitative estimate of drug-likeness (QED) is 0.346. The van der Waals surface area contributed by atoms with Crippen LogP contribution >= 0.6 is 0 Å². The fourth-order valence-corrected chi connectivity index (χ4v) is 4.67. The van der Waals surface area contributed by atoms with E-state index in [1.165, 1.54) is 0 Å². The monoisotopic (exact) mass is 470 g/mol. The first-order valence-corrected chi connectivity index (χ1v) is 12.1. The minimum Gasteiger partial charge on any atom is -0.461 e. The van der Waals surface area contributed by atoms with E-state index in [1.807, 2.05) is 43.3 Å². The number of esters is 1. The molecule has 2 aromatic heterocycles. The third-order valence-electron chi connectivity index (χ3n) is 6.42. The second-order valence-electron chi connectivity index (χ2n) is 8.87. The van der Waals surface area contributed by atoms with Crippen molar-refractivity contribution in [2.24, 2.45) is 0 Å². The number of hydrogen-bond donors (Lipinski definition) is 0. The van der Waals surface area contributed by atoms with E-state index in [0.717, 1.165) is 59.6 Å². The Morgan fingerprint density at radius 2 is 1.94 bits per heavy atom. The lowest BCUT2D eigenvalue weighted by atomic mass is 10.0. The Kier molecular flexibility index (Phi) is 6.51. The van der Waals surface area contributed by atoms with Gasteiger partial charge in [-0.15, -0.1) is 0 Å². The summed E-state index contributed by atoms with van der Waals surface area (Å²) in [6.07, 6.45) is 2.53. The molecule has 7 heteroatoms. The normalized spacial score (nSPS) is 15.5. The molecule has 4 aromatic rings. The van der Waals surface area contributed by atoms with Crippen LogP contribution in [0.2, 0.25) is 0 Å². The third-order valence-corrected chi connectivity index (χ3v) is 6.42. The molecule has 0 radical (unpaired) electrons. The van der Waals surface area contributed by atoms with Gasteiger partial charge < -0.3 is 14.4 Å². The average Bonchev–Trinajstić information content (AvgIpc) is 3.52. The summed E-state index contributed by atoms with van der Waals surface area (Å²) in [5, 5.41) is 5.69. The summed E-state index contributed by atoms with van der Waals surface area (Å²) >= 11 is 0. The SMILES string of the molecule is CCOC(=O)c1cc(-c2ccc(N(C)C[C@@H]3CCCO3)cc2)c2c(C)nn(-c3ccccc3)c2n1. The Bertz CT molecular complexity index is 1330. The molecule has 1 aliphatic rings. The van der Waals surface area contributed by atoms with Crippen LogP contribution in [0.4, 0.5) is 5.69 Å². The number of carbonyl (C=O) groups is 1. The summed E-state index contributed by atoms with van der Waals surface area (Å²) in [4.78, 5) is 19.6. The van der Waals surface area contributed by atoms with Crippen LogP contribution in [0, 0.1) is 6.92 Å². The Balaban J connectivity index is 1.58. The number of nitrogens with zero attached hydrogens (tertiary/aromatic N) is 4. The van der Waals surface area contributed by atoms with E-state index in [4.69, 9.17) is 14.6 Å². The van der Waals surface area contributed by atoms with Gasteiger partial charge in [0.2, 0.25) is 0 Å². The zero-order valence-corrected chi connectivity index (χ0v) is 20.4. The van der Waals surface area contributed by atoms with Gasteiger partial charge in [-0.3, -0.25) is 0 Å². The van der Waals surface area contributed by atoms with Crippen LogP contribution in [0.3, 0.4) is 0 Å². The maximum Gasteiger partial charge on any atom is 0.357 e. The van der Waals surface area contributed by atoms with Crippen LogP contribution in [-0.2, 0) is 9.47 Å². The molecule has 0 bridgehead atoms. The number of anilines is 1. The zero-order chi connectivity index (χ0) is 24.4. The lowest BCUT2D eigenvalue weighted by molar-refractivity contribution is 0.0520. The van der Waals surface area contributed by atoms with Crippen molar-refractivity contribution in [2.75, 3.05) is 31.7 Å².